The van der Waals surface area contributed by atoms with Crippen molar-refractivity contribution in [3.05, 3.63) is 29.3 Å². The molecule has 1 aliphatic rings. The number of sulfonamides is 1. The minimum absolute atomic E-state index is 0. The summed E-state index contributed by atoms with van der Waals surface area (Å²) in [4.78, 5) is 5.82. The molecule has 6 nitrogen and oxygen atoms in total. The third kappa shape index (κ3) is 8.87. The number of guanidine groups is 1. The summed E-state index contributed by atoms with van der Waals surface area (Å²) in [6, 6.07) is 6.35. The van der Waals surface area contributed by atoms with Crippen LogP contribution < -0.4 is 15.4 Å². The van der Waals surface area contributed by atoms with Crippen molar-refractivity contribution in [1.82, 2.24) is 15.4 Å². The molecule has 2 rings (SSSR count). The third-order valence-electron chi connectivity index (χ3n) is 4.67. The van der Waals surface area contributed by atoms with Gasteiger partial charge >= 0.3 is 0 Å². The summed E-state index contributed by atoms with van der Waals surface area (Å²) in [5.74, 6) is 1.20. The van der Waals surface area contributed by atoms with Crippen LogP contribution in [0.1, 0.15) is 37.3 Å². The maximum Gasteiger partial charge on any atom is 0.213 e. The van der Waals surface area contributed by atoms with Crippen molar-refractivity contribution in [2.75, 3.05) is 31.6 Å². The van der Waals surface area contributed by atoms with Crippen LogP contribution in [0.3, 0.4) is 0 Å². The fourth-order valence-electron chi connectivity index (χ4n) is 2.81. The van der Waals surface area contributed by atoms with Gasteiger partial charge in [0.25, 0.3) is 0 Å². The second-order valence-electron chi connectivity index (χ2n) is 6.90. The van der Waals surface area contributed by atoms with Crippen molar-refractivity contribution in [2.24, 2.45) is 10.9 Å². The van der Waals surface area contributed by atoms with Crippen LogP contribution in [0.4, 0.5) is 0 Å². The number of hydrogen-bond donors (Lipinski definition) is 3. The highest BCUT2D eigenvalue weighted by Gasteiger charge is 2.20. The predicted octanol–water partition coefficient (Wildman–Crippen LogP) is 3.11. The molecular formula is C19H33IN4O2S2. The molecule has 0 bridgehead atoms. The van der Waals surface area contributed by atoms with Gasteiger partial charge in [0.05, 0.1) is 12.3 Å². The molecule has 0 atom stereocenters. The average molecular weight is 541 g/mol. The van der Waals surface area contributed by atoms with Crippen molar-refractivity contribution in [2.45, 2.75) is 44.6 Å². The lowest BCUT2D eigenvalue weighted by atomic mass is 9.86. The van der Waals surface area contributed by atoms with E-state index in [0.29, 0.717) is 31.5 Å². The first kappa shape index (κ1) is 25.5. The summed E-state index contributed by atoms with van der Waals surface area (Å²) in [5.41, 5.74) is 2.40. The Kier molecular flexibility index (Phi) is 11.8. The lowest BCUT2D eigenvalue weighted by Gasteiger charge is -2.25. The molecule has 1 fully saturated rings. The molecule has 0 heterocycles. The van der Waals surface area contributed by atoms with Crippen LogP contribution in [0.15, 0.2) is 28.1 Å². The standard InChI is InChI=1S/C19H32N4O2S2.HI/c1-4-20-19(22-14-17-9-8-15(2)12-18(17)26-3)21-10-11-27(24,25)23-13-16-6-5-7-16;/h8-9,12,16,23H,4-7,10-11,13-14H2,1-3H3,(H2,20,21,22);1H. The van der Waals surface area contributed by atoms with E-state index >= 15 is 0 Å². The molecule has 9 heteroatoms. The number of hydrogen-bond acceptors (Lipinski definition) is 4. The van der Waals surface area contributed by atoms with E-state index in [4.69, 9.17) is 0 Å². The molecule has 0 radical (unpaired) electrons. The van der Waals surface area contributed by atoms with Gasteiger partial charge in [0.2, 0.25) is 10.0 Å². The highest BCUT2D eigenvalue weighted by molar-refractivity contribution is 14.0. The van der Waals surface area contributed by atoms with Crippen LogP contribution in [0.2, 0.25) is 0 Å². The highest BCUT2D eigenvalue weighted by Crippen LogP contribution is 2.25. The summed E-state index contributed by atoms with van der Waals surface area (Å²) >= 11 is 1.71. The Bertz CT molecular complexity index is 737. The molecule has 0 saturated heterocycles. The van der Waals surface area contributed by atoms with E-state index in [1.165, 1.54) is 22.4 Å². The van der Waals surface area contributed by atoms with E-state index in [1.807, 2.05) is 6.92 Å². The van der Waals surface area contributed by atoms with Crippen molar-refractivity contribution in [3.8, 4) is 0 Å². The van der Waals surface area contributed by atoms with Gasteiger partial charge in [-0.15, -0.1) is 35.7 Å². The molecule has 0 amide bonds. The zero-order valence-electron chi connectivity index (χ0n) is 17.0. The number of halogens is 1. The molecule has 1 aliphatic carbocycles. The molecule has 0 aromatic heterocycles. The van der Waals surface area contributed by atoms with E-state index in [2.05, 4.69) is 51.7 Å². The number of aryl methyl sites for hydroxylation is 1. The van der Waals surface area contributed by atoms with Crippen LogP contribution in [0, 0.1) is 12.8 Å². The van der Waals surface area contributed by atoms with Crippen LogP contribution in [0.25, 0.3) is 0 Å². The molecule has 28 heavy (non-hydrogen) atoms. The minimum Gasteiger partial charge on any atom is -0.357 e. The Morgan fingerprint density at radius 2 is 2.04 bits per heavy atom. The molecule has 3 N–H and O–H groups in total. The Morgan fingerprint density at radius 3 is 2.64 bits per heavy atom. The topological polar surface area (TPSA) is 82.6 Å². The Morgan fingerprint density at radius 1 is 1.29 bits per heavy atom. The first-order valence-electron chi connectivity index (χ1n) is 9.56. The second-order valence-corrected chi connectivity index (χ2v) is 9.68. The van der Waals surface area contributed by atoms with Gasteiger partial charge in [0.15, 0.2) is 5.96 Å². The van der Waals surface area contributed by atoms with Gasteiger partial charge in [0.1, 0.15) is 0 Å². The zero-order valence-corrected chi connectivity index (χ0v) is 20.9. The molecule has 0 spiro atoms. The monoisotopic (exact) mass is 540 g/mol. The number of rotatable bonds is 10. The fourth-order valence-corrected chi connectivity index (χ4v) is 4.51. The zero-order chi connectivity index (χ0) is 19.7. The van der Waals surface area contributed by atoms with E-state index in [0.717, 1.165) is 19.4 Å². The summed E-state index contributed by atoms with van der Waals surface area (Å²) in [6.07, 6.45) is 5.55. The first-order valence-corrected chi connectivity index (χ1v) is 12.4. The van der Waals surface area contributed by atoms with Gasteiger partial charge < -0.3 is 10.6 Å². The first-order chi connectivity index (χ1) is 12.9. The number of thioether (sulfide) groups is 1. The summed E-state index contributed by atoms with van der Waals surface area (Å²) < 4.78 is 26.9. The van der Waals surface area contributed by atoms with Crippen LogP contribution in [-0.4, -0.2) is 46.0 Å². The maximum absolute atomic E-state index is 12.1. The molecule has 160 valence electrons. The Labute approximate surface area is 191 Å². The van der Waals surface area contributed by atoms with E-state index in [-0.39, 0.29) is 29.7 Å². The van der Waals surface area contributed by atoms with Gasteiger partial charge in [-0.1, -0.05) is 18.6 Å². The lowest BCUT2D eigenvalue weighted by Crippen LogP contribution is -2.42. The van der Waals surface area contributed by atoms with Crippen molar-refractivity contribution >= 4 is 51.7 Å². The van der Waals surface area contributed by atoms with Crippen molar-refractivity contribution in [1.29, 1.82) is 0 Å². The molecule has 1 saturated carbocycles. The van der Waals surface area contributed by atoms with Gasteiger partial charge in [-0.3, -0.25) is 0 Å². The number of nitrogens with one attached hydrogen (secondary N) is 3. The van der Waals surface area contributed by atoms with E-state index < -0.39 is 10.0 Å². The average Bonchev–Trinajstić information content (AvgIpc) is 2.58. The summed E-state index contributed by atoms with van der Waals surface area (Å²) in [6.45, 7) is 6.25. The van der Waals surface area contributed by atoms with Crippen molar-refractivity contribution < 1.29 is 8.42 Å². The maximum atomic E-state index is 12.1. The van der Waals surface area contributed by atoms with Gasteiger partial charge in [-0.2, -0.15) is 0 Å². The van der Waals surface area contributed by atoms with Crippen molar-refractivity contribution in [3.63, 3.8) is 0 Å². The minimum atomic E-state index is -3.24. The van der Waals surface area contributed by atoms with E-state index in [9.17, 15) is 8.42 Å². The molecule has 0 aliphatic heterocycles. The number of aliphatic imine (C=N–C) groups is 1. The predicted molar refractivity (Wildman–Crippen MR) is 130 cm³/mol. The summed E-state index contributed by atoms with van der Waals surface area (Å²) in [7, 11) is -3.24. The van der Waals surface area contributed by atoms with Crippen LogP contribution in [0.5, 0.6) is 0 Å². The smallest absolute Gasteiger partial charge is 0.213 e. The third-order valence-corrected chi connectivity index (χ3v) is 6.84. The normalized spacial score (nSPS) is 14.9. The Balaban J connectivity index is 0.00000392. The van der Waals surface area contributed by atoms with Gasteiger partial charge in [0, 0.05) is 24.5 Å². The Hall–Kier alpha value is -0.520. The number of benzene rings is 1. The quantitative estimate of drug-likeness (QED) is 0.184. The largest absolute Gasteiger partial charge is 0.357 e. The molecule has 0 unspecified atom stereocenters. The molecule has 1 aromatic rings. The van der Waals surface area contributed by atoms with Gasteiger partial charge in [-0.25, -0.2) is 18.1 Å². The van der Waals surface area contributed by atoms with Crippen LogP contribution in [-0.2, 0) is 16.6 Å². The second kappa shape index (κ2) is 12.9. The fraction of sp³-hybridized carbons (Fsp3) is 0.632. The van der Waals surface area contributed by atoms with Gasteiger partial charge in [-0.05, 0) is 56.1 Å². The SMILES string of the molecule is CCNC(=NCc1ccc(C)cc1SC)NCCS(=O)(=O)NCC1CCC1.I. The van der Waals surface area contributed by atoms with E-state index in [1.54, 1.807) is 11.8 Å². The lowest BCUT2D eigenvalue weighted by molar-refractivity contribution is 0.316. The molecule has 1 aromatic carbocycles. The summed E-state index contributed by atoms with van der Waals surface area (Å²) in [5, 5.41) is 6.30. The number of nitrogens with zero attached hydrogens (tertiary/aromatic N) is 1. The molecular weight excluding hydrogens is 507 g/mol. The highest BCUT2D eigenvalue weighted by atomic mass is 127. The van der Waals surface area contributed by atoms with Crippen LogP contribution >= 0.6 is 35.7 Å².